The van der Waals surface area contributed by atoms with Crippen molar-refractivity contribution in [3.05, 3.63) is 53.4 Å². The second-order valence-electron chi connectivity index (χ2n) is 3.96. The SMILES string of the molecule is COc1cccc(C(N)c2ncc(C)cn2)c1F. The number of aryl methyl sites for hydroxylation is 1. The Kier molecular flexibility index (Phi) is 3.53. The number of aromatic nitrogens is 2. The molecule has 0 bridgehead atoms. The van der Waals surface area contributed by atoms with E-state index in [1.54, 1.807) is 30.6 Å². The summed E-state index contributed by atoms with van der Waals surface area (Å²) in [5.74, 6) is 0.0690. The first kappa shape index (κ1) is 12.4. The minimum absolute atomic E-state index is 0.162. The van der Waals surface area contributed by atoms with Crippen LogP contribution in [0.2, 0.25) is 0 Å². The number of halogens is 1. The highest BCUT2D eigenvalue weighted by Crippen LogP contribution is 2.26. The normalized spacial score (nSPS) is 12.2. The monoisotopic (exact) mass is 247 g/mol. The van der Waals surface area contributed by atoms with Crippen LogP contribution < -0.4 is 10.5 Å². The number of ether oxygens (including phenoxy) is 1. The molecule has 2 aromatic rings. The van der Waals surface area contributed by atoms with Crippen molar-refractivity contribution < 1.29 is 9.13 Å². The van der Waals surface area contributed by atoms with Gasteiger partial charge in [0.05, 0.1) is 13.2 Å². The average Bonchev–Trinajstić information content (AvgIpc) is 2.39. The third-order valence-corrected chi connectivity index (χ3v) is 2.63. The molecule has 5 heteroatoms. The Morgan fingerprint density at radius 3 is 2.56 bits per heavy atom. The molecule has 1 heterocycles. The van der Waals surface area contributed by atoms with E-state index in [1.165, 1.54) is 7.11 Å². The van der Waals surface area contributed by atoms with Gasteiger partial charge in [-0.2, -0.15) is 0 Å². The summed E-state index contributed by atoms with van der Waals surface area (Å²) in [5, 5.41) is 0. The average molecular weight is 247 g/mol. The lowest BCUT2D eigenvalue weighted by molar-refractivity contribution is 0.383. The topological polar surface area (TPSA) is 61.0 Å². The lowest BCUT2D eigenvalue weighted by Crippen LogP contribution is -2.17. The molecule has 0 aliphatic rings. The highest BCUT2D eigenvalue weighted by atomic mass is 19.1. The number of nitrogens with zero attached hydrogens (tertiary/aromatic N) is 2. The predicted molar refractivity (Wildman–Crippen MR) is 65.8 cm³/mol. The summed E-state index contributed by atoms with van der Waals surface area (Å²) in [6.45, 7) is 1.88. The van der Waals surface area contributed by atoms with E-state index in [-0.39, 0.29) is 5.75 Å². The summed E-state index contributed by atoms with van der Waals surface area (Å²) in [4.78, 5) is 8.22. The Bertz CT molecular complexity index is 542. The van der Waals surface area contributed by atoms with Crippen molar-refractivity contribution in [1.29, 1.82) is 0 Å². The van der Waals surface area contributed by atoms with E-state index in [4.69, 9.17) is 10.5 Å². The van der Waals surface area contributed by atoms with Gasteiger partial charge >= 0.3 is 0 Å². The van der Waals surface area contributed by atoms with Gasteiger partial charge in [0.15, 0.2) is 11.6 Å². The molecule has 94 valence electrons. The van der Waals surface area contributed by atoms with Gasteiger partial charge in [-0.25, -0.2) is 14.4 Å². The summed E-state index contributed by atoms with van der Waals surface area (Å²) < 4.78 is 18.9. The molecule has 0 saturated carbocycles. The van der Waals surface area contributed by atoms with E-state index in [1.807, 2.05) is 6.92 Å². The van der Waals surface area contributed by atoms with Crippen molar-refractivity contribution in [1.82, 2.24) is 9.97 Å². The molecule has 1 atom stereocenters. The van der Waals surface area contributed by atoms with E-state index in [0.29, 0.717) is 11.4 Å². The first-order valence-electron chi connectivity index (χ1n) is 5.50. The van der Waals surface area contributed by atoms with Gasteiger partial charge < -0.3 is 10.5 Å². The largest absolute Gasteiger partial charge is 0.494 e. The van der Waals surface area contributed by atoms with Crippen LogP contribution in [0.4, 0.5) is 4.39 Å². The Morgan fingerprint density at radius 2 is 1.94 bits per heavy atom. The number of benzene rings is 1. The minimum Gasteiger partial charge on any atom is -0.494 e. The fourth-order valence-electron chi connectivity index (χ4n) is 1.63. The van der Waals surface area contributed by atoms with Crippen LogP contribution in [-0.2, 0) is 0 Å². The molecule has 0 fully saturated rings. The van der Waals surface area contributed by atoms with Gasteiger partial charge in [-0.3, -0.25) is 0 Å². The lowest BCUT2D eigenvalue weighted by Gasteiger charge is -2.13. The first-order valence-corrected chi connectivity index (χ1v) is 5.50. The van der Waals surface area contributed by atoms with Crippen LogP contribution in [0.25, 0.3) is 0 Å². The fourth-order valence-corrected chi connectivity index (χ4v) is 1.63. The second kappa shape index (κ2) is 5.10. The Balaban J connectivity index is 2.39. The number of hydrogen-bond acceptors (Lipinski definition) is 4. The van der Waals surface area contributed by atoms with Crippen molar-refractivity contribution in [3.8, 4) is 5.75 Å². The number of rotatable bonds is 3. The van der Waals surface area contributed by atoms with Crippen LogP contribution in [0.15, 0.2) is 30.6 Å². The van der Waals surface area contributed by atoms with Crippen LogP contribution in [0, 0.1) is 12.7 Å². The minimum atomic E-state index is -0.708. The van der Waals surface area contributed by atoms with Crippen LogP contribution >= 0.6 is 0 Å². The maximum absolute atomic E-state index is 14.0. The quantitative estimate of drug-likeness (QED) is 0.900. The third-order valence-electron chi connectivity index (χ3n) is 2.63. The van der Waals surface area contributed by atoms with Crippen molar-refractivity contribution in [2.75, 3.05) is 7.11 Å². The van der Waals surface area contributed by atoms with E-state index in [9.17, 15) is 4.39 Å². The fraction of sp³-hybridized carbons (Fsp3) is 0.231. The molecule has 0 aliphatic heterocycles. The van der Waals surface area contributed by atoms with Gasteiger partial charge in [0, 0.05) is 18.0 Å². The molecular formula is C13H14FN3O. The number of methoxy groups -OCH3 is 1. The summed E-state index contributed by atoms with van der Waals surface area (Å²) in [7, 11) is 1.41. The smallest absolute Gasteiger partial charge is 0.170 e. The zero-order valence-electron chi connectivity index (χ0n) is 10.2. The maximum Gasteiger partial charge on any atom is 0.170 e. The number of hydrogen-bond donors (Lipinski definition) is 1. The Morgan fingerprint density at radius 1 is 1.28 bits per heavy atom. The van der Waals surface area contributed by atoms with Crippen LogP contribution in [0.5, 0.6) is 5.75 Å². The summed E-state index contributed by atoms with van der Waals surface area (Å²) in [6, 6.07) is 4.12. The van der Waals surface area contributed by atoms with Crippen molar-refractivity contribution >= 4 is 0 Å². The lowest BCUT2D eigenvalue weighted by atomic mass is 10.1. The number of nitrogens with two attached hydrogens (primary N) is 1. The molecule has 2 N–H and O–H groups in total. The van der Waals surface area contributed by atoms with E-state index in [2.05, 4.69) is 9.97 Å². The second-order valence-corrected chi connectivity index (χ2v) is 3.96. The zero-order valence-corrected chi connectivity index (χ0v) is 10.2. The van der Waals surface area contributed by atoms with Crippen molar-refractivity contribution in [2.24, 2.45) is 5.73 Å². The van der Waals surface area contributed by atoms with Gasteiger partial charge in [0.2, 0.25) is 0 Å². The molecule has 1 unspecified atom stereocenters. The van der Waals surface area contributed by atoms with Crippen LogP contribution in [0.1, 0.15) is 23.0 Å². The molecule has 0 amide bonds. The molecule has 1 aromatic heterocycles. The van der Waals surface area contributed by atoms with Gasteiger partial charge in [-0.1, -0.05) is 12.1 Å². The molecule has 4 nitrogen and oxygen atoms in total. The van der Waals surface area contributed by atoms with E-state index in [0.717, 1.165) is 5.56 Å². The van der Waals surface area contributed by atoms with Crippen molar-refractivity contribution in [2.45, 2.75) is 13.0 Å². The van der Waals surface area contributed by atoms with Crippen LogP contribution in [-0.4, -0.2) is 17.1 Å². The molecular weight excluding hydrogens is 233 g/mol. The Labute approximate surface area is 105 Å². The third kappa shape index (κ3) is 2.31. The zero-order chi connectivity index (χ0) is 13.1. The molecule has 0 spiro atoms. The van der Waals surface area contributed by atoms with Gasteiger partial charge in [0.1, 0.15) is 5.82 Å². The molecule has 18 heavy (non-hydrogen) atoms. The molecule has 0 saturated heterocycles. The summed E-state index contributed by atoms with van der Waals surface area (Å²) in [5.41, 5.74) is 7.22. The van der Waals surface area contributed by atoms with Gasteiger partial charge in [-0.15, -0.1) is 0 Å². The van der Waals surface area contributed by atoms with Crippen molar-refractivity contribution in [3.63, 3.8) is 0 Å². The predicted octanol–water partition coefficient (Wildman–Crippen LogP) is 1.98. The van der Waals surface area contributed by atoms with Crippen LogP contribution in [0.3, 0.4) is 0 Å². The first-order chi connectivity index (χ1) is 8.63. The highest BCUT2D eigenvalue weighted by Gasteiger charge is 2.18. The van der Waals surface area contributed by atoms with Gasteiger partial charge in [-0.05, 0) is 18.6 Å². The molecule has 0 aliphatic carbocycles. The van der Waals surface area contributed by atoms with E-state index < -0.39 is 11.9 Å². The van der Waals surface area contributed by atoms with E-state index >= 15 is 0 Å². The molecule has 1 aromatic carbocycles. The summed E-state index contributed by atoms with van der Waals surface area (Å²) >= 11 is 0. The standard InChI is InChI=1S/C13H14FN3O/c1-8-6-16-13(17-7-8)12(15)9-4-3-5-10(18-2)11(9)14/h3-7,12H,15H2,1-2H3. The molecule has 2 rings (SSSR count). The summed E-state index contributed by atoms with van der Waals surface area (Å²) in [6.07, 6.45) is 3.31. The molecule has 0 radical (unpaired) electrons. The Hall–Kier alpha value is -2.01. The highest BCUT2D eigenvalue weighted by molar-refractivity contribution is 5.35. The van der Waals surface area contributed by atoms with Gasteiger partial charge in [0.25, 0.3) is 0 Å². The maximum atomic E-state index is 14.0.